The number of carbonyl (C=O) groups is 1. The van der Waals surface area contributed by atoms with E-state index in [-0.39, 0.29) is 12.1 Å². The fourth-order valence-corrected chi connectivity index (χ4v) is 3.89. The van der Waals surface area contributed by atoms with Gasteiger partial charge in [-0.15, -0.1) is 0 Å². The Morgan fingerprint density at radius 1 is 1.45 bits per heavy atom. The molecule has 0 bridgehead atoms. The molecule has 1 saturated carbocycles. The minimum Gasteiger partial charge on any atom is -0.441 e. The van der Waals surface area contributed by atoms with Crippen molar-refractivity contribution < 1.29 is 23.4 Å². The quantitative estimate of drug-likeness (QED) is 0.492. The molecule has 0 spiro atoms. The van der Waals surface area contributed by atoms with E-state index in [1.54, 1.807) is 30.1 Å². The van der Waals surface area contributed by atoms with E-state index in [1.807, 2.05) is 13.8 Å². The van der Waals surface area contributed by atoms with Crippen LogP contribution in [0.25, 0.3) is 5.52 Å². The second-order valence-electron chi connectivity index (χ2n) is 8.74. The number of aryl methyl sites for hydroxylation is 1. The Labute approximate surface area is 189 Å². The predicted octanol–water partition coefficient (Wildman–Crippen LogP) is 2.71. The van der Waals surface area contributed by atoms with E-state index in [1.165, 1.54) is 0 Å². The number of fused-ring (bicyclic) bond motifs is 1. The molecule has 3 aromatic rings. The lowest BCUT2D eigenvalue weighted by atomic mass is 10.1. The summed E-state index contributed by atoms with van der Waals surface area (Å²) < 4.78 is 32.7. The normalized spacial score (nSPS) is 23.6. The fraction of sp³-hybridized carbons (Fsp3) is 0.524. The summed E-state index contributed by atoms with van der Waals surface area (Å²) in [5.41, 5.74) is 2.73. The number of anilines is 2. The van der Waals surface area contributed by atoms with Crippen molar-refractivity contribution >= 4 is 23.2 Å². The zero-order valence-electron chi connectivity index (χ0n) is 18.6. The molecule has 0 radical (unpaired) electrons. The summed E-state index contributed by atoms with van der Waals surface area (Å²) >= 11 is 0. The van der Waals surface area contributed by atoms with Gasteiger partial charge in [0.05, 0.1) is 24.6 Å². The first-order valence-corrected chi connectivity index (χ1v) is 10.8. The van der Waals surface area contributed by atoms with E-state index >= 15 is 0 Å². The minimum atomic E-state index is -1.52. The second kappa shape index (κ2) is 8.27. The van der Waals surface area contributed by atoms with Crippen molar-refractivity contribution in [3.63, 3.8) is 0 Å². The molecule has 33 heavy (non-hydrogen) atoms. The van der Waals surface area contributed by atoms with Crippen molar-refractivity contribution in [2.24, 2.45) is 0 Å². The summed E-state index contributed by atoms with van der Waals surface area (Å²) in [6.45, 7) is 4.22. The number of alkyl carbamates (subject to hydrolysis) is 1. The van der Waals surface area contributed by atoms with Gasteiger partial charge in [-0.1, -0.05) is 0 Å². The minimum absolute atomic E-state index is 0.0318. The maximum atomic E-state index is 15.0. The van der Waals surface area contributed by atoms with E-state index in [0.717, 1.165) is 29.6 Å². The molecule has 3 atom stereocenters. The third kappa shape index (κ3) is 4.23. The summed E-state index contributed by atoms with van der Waals surface area (Å²) in [5, 5.41) is 17.4. The number of methoxy groups -OCH3 is 1. The van der Waals surface area contributed by atoms with Crippen molar-refractivity contribution in [3.8, 4) is 0 Å². The van der Waals surface area contributed by atoms with Gasteiger partial charge < -0.3 is 24.8 Å². The van der Waals surface area contributed by atoms with Crippen LogP contribution < -0.4 is 10.6 Å². The van der Waals surface area contributed by atoms with Crippen LogP contribution in [-0.4, -0.2) is 62.4 Å². The number of nitrogens with zero attached hydrogens (tertiary/aromatic N) is 4. The number of hydrogen-bond donors (Lipinski definition) is 3. The van der Waals surface area contributed by atoms with Crippen LogP contribution in [0.4, 0.5) is 20.8 Å². The van der Waals surface area contributed by atoms with Gasteiger partial charge in [-0.2, -0.15) is 10.2 Å². The highest BCUT2D eigenvalue weighted by Gasteiger charge is 2.44. The number of hydrogen-bond acceptors (Lipinski definition) is 8. The number of alkyl halides is 1. The molecule has 3 N–H and O–H groups in total. The molecule has 12 heteroatoms. The second-order valence-corrected chi connectivity index (χ2v) is 8.74. The molecular formula is C21H26FN7O4. The van der Waals surface area contributed by atoms with Gasteiger partial charge >= 0.3 is 6.09 Å². The third-order valence-electron chi connectivity index (χ3n) is 6.06. The number of halogens is 1. The summed E-state index contributed by atoms with van der Waals surface area (Å²) in [7, 11) is 1.62. The number of nitrogens with one attached hydrogen (secondary N) is 3. The molecule has 0 aromatic carbocycles. The Bertz CT molecular complexity index is 1170. The van der Waals surface area contributed by atoms with Gasteiger partial charge in [0.15, 0.2) is 23.9 Å². The number of ether oxygens (including phenoxy) is 3. The van der Waals surface area contributed by atoms with Crippen LogP contribution in [-0.2, 0) is 20.8 Å². The zero-order valence-corrected chi connectivity index (χ0v) is 18.6. The molecule has 2 fully saturated rings. The van der Waals surface area contributed by atoms with Gasteiger partial charge in [-0.05, 0) is 26.7 Å². The van der Waals surface area contributed by atoms with E-state index in [9.17, 15) is 9.18 Å². The van der Waals surface area contributed by atoms with Crippen LogP contribution in [0.5, 0.6) is 0 Å². The predicted molar refractivity (Wildman–Crippen MR) is 115 cm³/mol. The molecule has 1 saturated heterocycles. The Morgan fingerprint density at radius 3 is 3.03 bits per heavy atom. The van der Waals surface area contributed by atoms with Gasteiger partial charge in [-0.3, -0.25) is 5.10 Å². The summed E-state index contributed by atoms with van der Waals surface area (Å²) in [6.07, 6.45) is 1.11. The summed E-state index contributed by atoms with van der Waals surface area (Å²) in [5.74, 6) is 0.998. The fourth-order valence-electron chi connectivity index (χ4n) is 3.89. The molecule has 0 unspecified atom stereocenters. The number of aromatic amines is 1. The maximum Gasteiger partial charge on any atom is 0.408 e. The van der Waals surface area contributed by atoms with Crippen molar-refractivity contribution in [2.45, 2.75) is 57.2 Å². The van der Waals surface area contributed by atoms with Crippen molar-refractivity contribution in [3.05, 3.63) is 35.4 Å². The van der Waals surface area contributed by atoms with Crippen LogP contribution in [0, 0.1) is 6.92 Å². The van der Waals surface area contributed by atoms with Gasteiger partial charge in [-0.25, -0.2) is 18.7 Å². The van der Waals surface area contributed by atoms with Crippen molar-refractivity contribution in [1.29, 1.82) is 0 Å². The number of rotatable bonds is 7. The summed E-state index contributed by atoms with van der Waals surface area (Å²) in [6, 6.07) is 1.65. The van der Waals surface area contributed by atoms with Gasteiger partial charge in [0, 0.05) is 36.7 Å². The molecule has 3 aromatic heterocycles. The Hall–Kier alpha value is -3.25. The van der Waals surface area contributed by atoms with E-state index in [4.69, 9.17) is 14.2 Å². The third-order valence-corrected chi connectivity index (χ3v) is 6.06. The molecular weight excluding hydrogens is 433 g/mol. The number of amides is 1. The average Bonchev–Trinajstić information content (AvgIpc) is 3.08. The Balaban J connectivity index is 1.27. The molecule has 2 aliphatic rings. The smallest absolute Gasteiger partial charge is 0.408 e. The SMILES string of the molecule is COCc1nn2ccnc(Nc3cc([C@H]4OC[C@@H](OC(=O)NC5(C)CC5)[C@H]4F)[nH]n3)c2c1C. The monoisotopic (exact) mass is 459 g/mol. The first-order chi connectivity index (χ1) is 15.9. The van der Waals surface area contributed by atoms with Gasteiger partial charge in [0.25, 0.3) is 0 Å². The van der Waals surface area contributed by atoms with Gasteiger partial charge in [0.2, 0.25) is 0 Å². The topological polar surface area (TPSA) is 128 Å². The number of carbonyl (C=O) groups excluding carboxylic acids is 1. The summed E-state index contributed by atoms with van der Waals surface area (Å²) in [4.78, 5) is 16.4. The highest BCUT2D eigenvalue weighted by molar-refractivity contribution is 5.76. The van der Waals surface area contributed by atoms with Crippen LogP contribution in [0.15, 0.2) is 18.5 Å². The van der Waals surface area contributed by atoms with Crippen molar-refractivity contribution in [1.82, 2.24) is 30.1 Å². The molecule has 4 heterocycles. The standard InChI is InChI=1S/C21H26FN7O4/c1-11-13(9-31-3)28-29-7-6-23-19(17(11)29)24-15-8-12(26-27-15)18-16(22)14(10-32-18)33-20(30)25-21(2)4-5-21/h6-8,14,16,18H,4-5,9-10H2,1-3H3,(H,25,30)(H2,23,24,26,27)/t14-,16-,18-/m1/s1. The lowest BCUT2D eigenvalue weighted by Crippen LogP contribution is -2.39. The zero-order chi connectivity index (χ0) is 23.2. The Morgan fingerprint density at radius 2 is 2.27 bits per heavy atom. The van der Waals surface area contributed by atoms with E-state index in [0.29, 0.717) is 23.9 Å². The average molecular weight is 459 g/mol. The van der Waals surface area contributed by atoms with E-state index in [2.05, 4.69) is 30.9 Å². The number of H-pyrrole nitrogens is 1. The Kier molecular flexibility index (Phi) is 5.41. The van der Waals surface area contributed by atoms with Crippen molar-refractivity contribution in [2.75, 3.05) is 19.0 Å². The molecule has 1 amide bonds. The lowest BCUT2D eigenvalue weighted by molar-refractivity contribution is 0.0604. The lowest BCUT2D eigenvalue weighted by Gasteiger charge is -2.17. The largest absolute Gasteiger partial charge is 0.441 e. The maximum absolute atomic E-state index is 15.0. The molecule has 5 rings (SSSR count). The van der Waals surface area contributed by atoms with Gasteiger partial charge in [0.1, 0.15) is 11.6 Å². The number of aromatic nitrogens is 5. The van der Waals surface area contributed by atoms with Crippen LogP contribution >= 0.6 is 0 Å². The molecule has 176 valence electrons. The van der Waals surface area contributed by atoms with Crippen LogP contribution in [0.3, 0.4) is 0 Å². The molecule has 1 aliphatic heterocycles. The van der Waals surface area contributed by atoms with E-state index < -0.39 is 24.5 Å². The first-order valence-electron chi connectivity index (χ1n) is 10.8. The van der Waals surface area contributed by atoms with Crippen LogP contribution in [0.2, 0.25) is 0 Å². The highest BCUT2D eigenvalue weighted by atomic mass is 19.1. The first kappa shape index (κ1) is 21.6. The highest BCUT2D eigenvalue weighted by Crippen LogP contribution is 2.36. The molecule has 11 nitrogen and oxygen atoms in total. The van der Waals surface area contributed by atoms with Crippen LogP contribution in [0.1, 0.15) is 42.8 Å². The molecule has 1 aliphatic carbocycles.